The topological polar surface area (TPSA) is 17.1 Å². The number of benzene rings is 2. The second-order valence-electron chi connectivity index (χ2n) is 11.8. The van der Waals surface area contributed by atoms with Crippen molar-refractivity contribution in [1.29, 1.82) is 0 Å². The van der Waals surface area contributed by atoms with Gasteiger partial charge in [-0.25, -0.2) is 0 Å². The van der Waals surface area contributed by atoms with E-state index in [0.29, 0.717) is 6.42 Å². The average molecular weight is 523 g/mol. The molecule has 1 nitrogen and oxygen atoms in total. The van der Waals surface area contributed by atoms with Crippen molar-refractivity contribution < 1.29 is 4.79 Å². The molecule has 2 unspecified atom stereocenters. The van der Waals surface area contributed by atoms with Crippen molar-refractivity contribution in [2.24, 2.45) is 11.8 Å². The molecule has 2 aromatic rings. The summed E-state index contributed by atoms with van der Waals surface area (Å²) in [6, 6.07) is 15.9. The van der Waals surface area contributed by atoms with Crippen LogP contribution >= 0.6 is 0 Å². The summed E-state index contributed by atoms with van der Waals surface area (Å²) in [5.74, 6) is 1.20. The lowest BCUT2D eigenvalue weighted by Crippen LogP contribution is -2.13. The van der Waals surface area contributed by atoms with E-state index in [4.69, 9.17) is 0 Å². The molecule has 1 aliphatic rings. The van der Waals surface area contributed by atoms with Crippen LogP contribution in [0.1, 0.15) is 93.5 Å². The van der Waals surface area contributed by atoms with Crippen LogP contribution in [0.2, 0.25) is 0 Å². The fraction of sp³-hybridized carbons (Fsp3) is 0.447. The normalized spacial score (nSPS) is 18.5. The van der Waals surface area contributed by atoms with Crippen LogP contribution in [0.15, 0.2) is 90.1 Å². The summed E-state index contributed by atoms with van der Waals surface area (Å²) >= 11 is 0. The Bertz CT molecular complexity index is 1190. The maximum atomic E-state index is 12.7. The third-order valence-corrected chi connectivity index (χ3v) is 8.13. The molecule has 0 aromatic heterocycles. The van der Waals surface area contributed by atoms with Crippen molar-refractivity contribution in [3.05, 3.63) is 118 Å². The first kappa shape index (κ1) is 30.6. The van der Waals surface area contributed by atoms with Crippen molar-refractivity contribution in [3.63, 3.8) is 0 Å². The van der Waals surface area contributed by atoms with Crippen LogP contribution in [-0.4, -0.2) is 5.78 Å². The molecule has 0 saturated heterocycles. The molecule has 0 bridgehead atoms. The Morgan fingerprint density at radius 1 is 1.00 bits per heavy atom. The molecular formula is C38H50O. The predicted molar refractivity (Wildman–Crippen MR) is 169 cm³/mol. The molecule has 208 valence electrons. The third-order valence-electron chi connectivity index (χ3n) is 8.13. The van der Waals surface area contributed by atoms with Crippen molar-refractivity contribution in [1.82, 2.24) is 0 Å². The van der Waals surface area contributed by atoms with Gasteiger partial charge >= 0.3 is 0 Å². The SMILES string of the molecule is C=C(C=C1C(=CCC)C=CC(=O)CC1Cc1cc(C)ccc1C)CCc1ccc(CCCC(C)CCC)cc1. The van der Waals surface area contributed by atoms with E-state index < -0.39 is 0 Å². The van der Waals surface area contributed by atoms with Gasteiger partial charge in [0.2, 0.25) is 0 Å². The molecule has 0 radical (unpaired) electrons. The van der Waals surface area contributed by atoms with Gasteiger partial charge in [0.1, 0.15) is 0 Å². The highest BCUT2D eigenvalue weighted by molar-refractivity contribution is 5.91. The zero-order valence-electron chi connectivity index (χ0n) is 25.2. The summed E-state index contributed by atoms with van der Waals surface area (Å²) < 4.78 is 0. The Morgan fingerprint density at radius 2 is 1.72 bits per heavy atom. The van der Waals surface area contributed by atoms with Gasteiger partial charge in [0, 0.05) is 6.42 Å². The van der Waals surface area contributed by atoms with Gasteiger partial charge in [-0.15, -0.1) is 0 Å². The molecule has 0 aliphatic heterocycles. The third kappa shape index (κ3) is 9.95. The van der Waals surface area contributed by atoms with Crippen LogP contribution in [0.3, 0.4) is 0 Å². The average Bonchev–Trinajstić information content (AvgIpc) is 3.04. The van der Waals surface area contributed by atoms with Crippen LogP contribution in [0, 0.1) is 25.7 Å². The summed E-state index contributed by atoms with van der Waals surface area (Å²) in [5.41, 5.74) is 10.3. The van der Waals surface area contributed by atoms with E-state index in [2.05, 4.69) is 95.8 Å². The van der Waals surface area contributed by atoms with E-state index in [-0.39, 0.29) is 11.7 Å². The van der Waals surface area contributed by atoms with Gasteiger partial charge in [-0.1, -0.05) is 118 Å². The standard InChI is InChI=1S/C38H50O/c1-7-10-28(3)12-9-13-32-18-20-33(21-19-32)17-15-30(5)25-38-34(11-8-2)22-23-37(39)27-36(38)26-35-24-29(4)14-16-31(35)6/h11,14,16,18-25,28,36H,5,7-10,12-13,15,17,26-27H2,1-4,6H3. The largest absolute Gasteiger partial charge is 0.295 e. The number of allylic oxidation sites excluding steroid dienone is 7. The fourth-order valence-corrected chi connectivity index (χ4v) is 5.77. The maximum absolute atomic E-state index is 12.7. The van der Waals surface area contributed by atoms with Crippen LogP contribution in [0.5, 0.6) is 0 Å². The van der Waals surface area contributed by atoms with Gasteiger partial charge < -0.3 is 0 Å². The first-order valence-corrected chi connectivity index (χ1v) is 15.2. The van der Waals surface area contributed by atoms with Crippen molar-refractivity contribution in [2.75, 3.05) is 0 Å². The molecule has 2 aromatic carbocycles. The zero-order valence-corrected chi connectivity index (χ0v) is 25.2. The highest BCUT2D eigenvalue weighted by atomic mass is 16.1. The molecule has 0 heterocycles. The minimum absolute atomic E-state index is 0.155. The van der Waals surface area contributed by atoms with Gasteiger partial charge in [0.25, 0.3) is 0 Å². The summed E-state index contributed by atoms with van der Waals surface area (Å²) in [5, 5.41) is 0. The minimum Gasteiger partial charge on any atom is -0.295 e. The van der Waals surface area contributed by atoms with E-state index in [1.54, 1.807) is 6.08 Å². The molecule has 0 saturated carbocycles. The number of hydrogen-bond donors (Lipinski definition) is 0. The van der Waals surface area contributed by atoms with Gasteiger partial charge in [0.05, 0.1) is 0 Å². The van der Waals surface area contributed by atoms with Crippen LogP contribution < -0.4 is 0 Å². The summed E-state index contributed by atoms with van der Waals surface area (Å²) in [6.07, 6.45) is 19.0. The lowest BCUT2D eigenvalue weighted by Gasteiger charge is -2.21. The van der Waals surface area contributed by atoms with E-state index in [1.807, 2.05) is 6.08 Å². The summed E-state index contributed by atoms with van der Waals surface area (Å²) in [7, 11) is 0. The van der Waals surface area contributed by atoms with E-state index in [0.717, 1.165) is 37.2 Å². The van der Waals surface area contributed by atoms with E-state index in [1.165, 1.54) is 71.1 Å². The molecule has 2 atom stereocenters. The van der Waals surface area contributed by atoms with Gasteiger partial charge in [-0.3, -0.25) is 4.79 Å². The second-order valence-corrected chi connectivity index (χ2v) is 11.8. The first-order chi connectivity index (χ1) is 18.8. The Morgan fingerprint density at radius 3 is 2.41 bits per heavy atom. The number of aryl methyl sites for hydroxylation is 4. The smallest absolute Gasteiger partial charge is 0.156 e. The molecule has 39 heavy (non-hydrogen) atoms. The van der Waals surface area contributed by atoms with E-state index in [9.17, 15) is 4.79 Å². The number of carbonyl (C=O) groups excluding carboxylic acids is 1. The number of carbonyl (C=O) groups is 1. The lowest BCUT2D eigenvalue weighted by atomic mass is 9.82. The number of hydrogen-bond acceptors (Lipinski definition) is 1. The lowest BCUT2D eigenvalue weighted by molar-refractivity contribution is -0.115. The molecule has 3 rings (SSSR count). The maximum Gasteiger partial charge on any atom is 0.156 e. The van der Waals surface area contributed by atoms with Crippen molar-refractivity contribution in [2.45, 2.75) is 98.8 Å². The summed E-state index contributed by atoms with van der Waals surface area (Å²) in [6.45, 7) is 15.6. The van der Waals surface area contributed by atoms with Crippen LogP contribution in [0.25, 0.3) is 0 Å². The molecule has 0 N–H and O–H groups in total. The quantitative estimate of drug-likeness (QED) is 0.256. The van der Waals surface area contributed by atoms with E-state index >= 15 is 0 Å². The second kappa shape index (κ2) is 15.6. The first-order valence-electron chi connectivity index (χ1n) is 15.2. The molecule has 0 spiro atoms. The van der Waals surface area contributed by atoms with Gasteiger partial charge in [-0.2, -0.15) is 0 Å². The fourth-order valence-electron chi connectivity index (χ4n) is 5.77. The number of rotatable bonds is 13. The predicted octanol–water partition coefficient (Wildman–Crippen LogP) is 10.2. The Hall–Kier alpha value is -2.93. The monoisotopic (exact) mass is 522 g/mol. The van der Waals surface area contributed by atoms with Gasteiger partial charge in [0.15, 0.2) is 5.78 Å². The Kier molecular flexibility index (Phi) is 12.2. The van der Waals surface area contributed by atoms with Crippen LogP contribution in [-0.2, 0) is 24.1 Å². The molecule has 1 heteroatoms. The minimum atomic E-state index is 0.155. The molecule has 0 fully saturated rings. The highest BCUT2D eigenvalue weighted by Gasteiger charge is 2.23. The molecule has 1 aliphatic carbocycles. The van der Waals surface area contributed by atoms with Crippen molar-refractivity contribution in [3.8, 4) is 0 Å². The number of ketones is 1. The Labute approximate surface area is 238 Å². The molecule has 0 amide bonds. The highest BCUT2D eigenvalue weighted by Crippen LogP contribution is 2.33. The Balaban J connectivity index is 1.70. The summed E-state index contributed by atoms with van der Waals surface area (Å²) in [4.78, 5) is 12.7. The zero-order chi connectivity index (χ0) is 28.2. The van der Waals surface area contributed by atoms with Crippen molar-refractivity contribution >= 4 is 5.78 Å². The van der Waals surface area contributed by atoms with Gasteiger partial charge in [-0.05, 0) is 104 Å². The van der Waals surface area contributed by atoms with Crippen LogP contribution in [0.4, 0.5) is 0 Å². The molecular weight excluding hydrogens is 472 g/mol.